The maximum absolute atomic E-state index is 12.1. The summed E-state index contributed by atoms with van der Waals surface area (Å²) >= 11 is 0. The first-order valence-electron chi connectivity index (χ1n) is 9.54. The predicted molar refractivity (Wildman–Crippen MR) is 123 cm³/mol. The van der Waals surface area contributed by atoms with Gasteiger partial charge in [-0.15, -0.1) is 24.0 Å². The average molecular weight is 544 g/mol. The number of hydrogen-bond acceptors (Lipinski definition) is 3. The average Bonchev–Trinajstić information content (AvgIpc) is 2.62. The molecule has 172 valence electrons. The Labute approximate surface area is 193 Å². The van der Waals surface area contributed by atoms with Crippen molar-refractivity contribution in [1.29, 1.82) is 0 Å². The second-order valence-electron chi connectivity index (χ2n) is 7.55. The molecule has 1 aromatic rings. The van der Waals surface area contributed by atoms with E-state index < -0.39 is 18.2 Å². The van der Waals surface area contributed by atoms with Gasteiger partial charge >= 0.3 is 6.18 Å². The zero-order chi connectivity index (χ0) is 21.9. The normalized spacial score (nSPS) is 12.2. The number of rotatable bonds is 9. The van der Waals surface area contributed by atoms with Crippen molar-refractivity contribution >= 4 is 35.8 Å². The number of carbonyl (C=O) groups excluding carboxylic acids is 1. The van der Waals surface area contributed by atoms with E-state index in [1.165, 1.54) is 0 Å². The van der Waals surface area contributed by atoms with Gasteiger partial charge in [0.2, 0.25) is 5.91 Å². The lowest BCUT2D eigenvalue weighted by molar-refractivity contribution is -0.176. The van der Waals surface area contributed by atoms with E-state index in [1.807, 2.05) is 39.8 Å². The number of ether oxygens (including phenoxy) is 1. The number of benzene rings is 1. The smallest absolute Gasteiger partial charge is 0.367 e. The minimum Gasteiger partial charge on any atom is -0.367 e. The lowest BCUT2D eigenvalue weighted by atomic mass is 9.96. The number of halogens is 4. The van der Waals surface area contributed by atoms with Crippen molar-refractivity contribution in [2.45, 2.75) is 47.0 Å². The molecule has 0 aromatic heterocycles. The van der Waals surface area contributed by atoms with Gasteiger partial charge in [-0.3, -0.25) is 4.79 Å². The highest BCUT2D eigenvalue weighted by molar-refractivity contribution is 14.0. The Morgan fingerprint density at radius 2 is 1.57 bits per heavy atom. The molecule has 0 spiro atoms. The van der Waals surface area contributed by atoms with E-state index in [0.717, 1.165) is 5.56 Å². The van der Waals surface area contributed by atoms with Crippen molar-refractivity contribution in [2.75, 3.05) is 26.2 Å². The molecule has 0 saturated heterocycles. The summed E-state index contributed by atoms with van der Waals surface area (Å²) in [5.74, 6) is 0.607. The van der Waals surface area contributed by atoms with Crippen LogP contribution in [0.15, 0.2) is 29.3 Å². The number of amides is 1. The molecule has 0 aliphatic heterocycles. The highest BCUT2D eigenvalue weighted by Crippen LogP contribution is 2.16. The topological polar surface area (TPSA) is 74.8 Å². The summed E-state index contributed by atoms with van der Waals surface area (Å²) < 4.78 is 40.9. The Morgan fingerprint density at radius 1 is 1.00 bits per heavy atom. The second kappa shape index (κ2) is 13.7. The van der Waals surface area contributed by atoms with Gasteiger partial charge < -0.3 is 20.7 Å². The Bertz CT molecular complexity index is 660. The van der Waals surface area contributed by atoms with E-state index in [-0.39, 0.29) is 36.5 Å². The van der Waals surface area contributed by atoms with Crippen LogP contribution >= 0.6 is 24.0 Å². The quantitative estimate of drug-likeness (QED) is 0.192. The molecule has 30 heavy (non-hydrogen) atoms. The zero-order valence-electron chi connectivity index (χ0n) is 17.9. The number of nitrogens with one attached hydrogen (secondary N) is 3. The molecule has 1 amide bonds. The van der Waals surface area contributed by atoms with Gasteiger partial charge in [0.15, 0.2) is 5.96 Å². The molecule has 0 unspecified atom stereocenters. The molecule has 3 N–H and O–H groups in total. The highest BCUT2D eigenvalue weighted by Gasteiger charge is 2.27. The fourth-order valence-corrected chi connectivity index (χ4v) is 2.16. The largest absolute Gasteiger partial charge is 0.411 e. The van der Waals surface area contributed by atoms with Crippen LogP contribution in [0, 0.1) is 5.41 Å². The summed E-state index contributed by atoms with van der Waals surface area (Å²) in [5, 5.41) is 9.13. The summed E-state index contributed by atoms with van der Waals surface area (Å²) in [4.78, 5) is 16.3. The van der Waals surface area contributed by atoms with Crippen LogP contribution in [0.3, 0.4) is 0 Å². The van der Waals surface area contributed by atoms with Crippen LogP contribution in [0.2, 0.25) is 0 Å². The standard InChI is InChI=1S/C20H31F3N4O2.HI/c1-5-24-18(26-11-10-25-17(28)19(2,3)4)27-12-15-6-8-16(9-7-15)13-29-14-20(21,22)23;/h6-9H,5,10-14H2,1-4H3,(H,25,28)(H2,24,26,27);1H. The monoisotopic (exact) mass is 544 g/mol. The summed E-state index contributed by atoms with van der Waals surface area (Å²) in [7, 11) is 0. The molecule has 0 radical (unpaired) electrons. The molecule has 0 aliphatic rings. The van der Waals surface area contributed by atoms with Crippen LogP contribution in [0.4, 0.5) is 13.2 Å². The Morgan fingerprint density at radius 3 is 2.10 bits per heavy atom. The Hall–Kier alpha value is -1.56. The van der Waals surface area contributed by atoms with E-state index in [4.69, 9.17) is 0 Å². The molecular weight excluding hydrogens is 512 g/mol. The van der Waals surface area contributed by atoms with Crippen molar-refractivity contribution in [1.82, 2.24) is 16.0 Å². The van der Waals surface area contributed by atoms with Gasteiger partial charge in [0.05, 0.1) is 13.2 Å². The van der Waals surface area contributed by atoms with Gasteiger partial charge in [-0.2, -0.15) is 13.2 Å². The third-order valence-electron chi connectivity index (χ3n) is 3.71. The lowest BCUT2D eigenvalue weighted by Crippen LogP contribution is -2.43. The molecule has 0 bridgehead atoms. The van der Waals surface area contributed by atoms with E-state index in [0.29, 0.717) is 37.7 Å². The van der Waals surface area contributed by atoms with Crippen molar-refractivity contribution in [2.24, 2.45) is 10.4 Å². The van der Waals surface area contributed by atoms with E-state index in [1.54, 1.807) is 12.1 Å². The number of nitrogens with zero attached hydrogens (tertiary/aromatic N) is 1. The van der Waals surface area contributed by atoms with E-state index in [2.05, 4.69) is 25.7 Å². The molecule has 0 atom stereocenters. The molecule has 1 aromatic carbocycles. The fraction of sp³-hybridized carbons (Fsp3) is 0.600. The lowest BCUT2D eigenvalue weighted by Gasteiger charge is -2.18. The van der Waals surface area contributed by atoms with Gasteiger partial charge in [0.1, 0.15) is 6.61 Å². The molecule has 0 fully saturated rings. The summed E-state index contributed by atoms with van der Waals surface area (Å²) in [6, 6.07) is 7.07. The minimum absolute atomic E-state index is 0. The molecular formula is C20H32F3IN4O2. The maximum Gasteiger partial charge on any atom is 0.411 e. The highest BCUT2D eigenvalue weighted by atomic mass is 127. The first-order chi connectivity index (χ1) is 13.5. The van der Waals surface area contributed by atoms with Crippen molar-refractivity contribution < 1.29 is 22.7 Å². The first-order valence-corrected chi connectivity index (χ1v) is 9.54. The molecule has 0 aliphatic carbocycles. The fourth-order valence-electron chi connectivity index (χ4n) is 2.16. The summed E-state index contributed by atoms with van der Waals surface area (Å²) in [5.41, 5.74) is 1.16. The number of hydrogen-bond donors (Lipinski definition) is 3. The van der Waals surface area contributed by atoms with Crippen molar-refractivity contribution in [3.8, 4) is 0 Å². The molecule has 0 saturated carbocycles. The van der Waals surface area contributed by atoms with E-state index >= 15 is 0 Å². The molecule has 6 nitrogen and oxygen atoms in total. The third kappa shape index (κ3) is 12.9. The Balaban J connectivity index is 0.00000841. The zero-order valence-corrected chi connectivity index (χ0v) is 20.2. The SMILES string of the molecule is CCNC(=NCc1ccc(COCC(F)(F)F)cc1)NCCNC(=O)C(C)(C)C.I. The van der Waals surface area contributed by atoms with Crippen molar-refractivity contribution in [3.05, 3.63) is 35.4 Å². The van der Waals surface area contributed by atoms with Gasteiger partial charge in [0, 0.05) is 25.0 Å². The Kier molecular flexibility index (Phi) is 13.0. The first kappa shape index (κ1) is 28.4. The number of guanidine groups is 1. The molecule has 1 rings (SSSR count). The minimum atomic E-state index is -4.32. The van der Waals surface area contributed by atoms with Crippen LogP contribution < -0.4 is 16.0 Å². The van der Waals surface area contributed by atoms with Gasteiger partial charge in [-0.25, -0.2) is 4.99 Å². The van der Waals surface area contributed by atoms with E-state index in [9.17, 15) is 18.0 Å². The van der Waals surface area contributed by atoms with Crippen LogP contribution in [0.5, 0.6) is 0 Å². The van der Waals surface area contributed by atoms with Crippen LogP contribution in [-0.4, -0.2) is 44.3 Å². The number of aliphatic imine (C=N–C) groups is 1. The maximum atomic E-state index is 12.1. The van der Waals surface area contributed by atoms with Crippen molar-refractivity contribution in [3.63, 3.8) is 0 Å². The third-order valence-corrected chi connectivity index (χ3v) is 3.71. The number of carbonyl (C=O) groups is 1. The van der Waals surface area contributed by atoms with Crippen LogP contribution in [0.25, 0.3) is 0 Å². The second-order valence-corrected chi connectivity index (χ2v) is 7.55. The van der Waals surface area contributed by atoms with Crippen LogP contribution in [0.1, 0.15) is 38.8 Å². The summed E-state index contributed by atoms with van der Waals surface area (Å²) in [6.07, 6.45) is -4.32. The predicted octanol–water partition coefficient (Wildman–Crippen LogP) is 3.60. The van der Waals surface area contributed by atoms with Gasteiger partial charge in [-0.1, -0.05) is 45.0 Å². The van der Waals surface area contributed by atoms with Crippen LogP contribution in [-0.2, 0) is 22.7 Å². The number of alkyl halides is 3. The van der Waals surface area contributed by atoms with Gasteiger partial charge in [-0.05, 0) is 18.1 Å². The van der Waals surface area contributed by atoms with Gasteiger partial charge in [0.25, 0.3) is 0 Å². The molecule has 10 heteroatoms. The molecule has 0 heterocycles. The summed E-state index contributed by atoms with van der Waals surface area (Å²) in [6.45, 7) is 8.28.